The minimum Gasteiger partial charge on any atom is -0.354 e. The van der Waals surface area contributed by atoms with Crippen LogP contribution in [0.4, 0.5) is 0 Å². The molecule has 3 aliphatic carbocycles. The summed E-state index contributed by atoms with van der Waals surface area (Å²) in [5, 5.41) is 8.20. The molecular formula is C23H27N5O3. The van der Waals surface area contributed by atoms with Crippen molar-refractivity contribution in [1.29, 1.82) is 0 Å². The highest BCUT2D eigenvalue weighted by Gasteiger charge is 2.56. The Morgan fingerprint density at radius 3 is 2.77 bits per heavy atom. The van der Waals surface area contributed by atoms with Gasteiger partial charge in [-0.3, -0.25) is 24.0 Å². The molecule has 4 fully saturated rings. The van der Waals surface area contributed by atoms with Gasteiger partial charge in [-0.05, 0) is 61.8 Å². The average Bonchev–Trinajstić information content (AvgIpc) is 3.62. The first-order chi connectivity index (χ1) is 14.9. The third kappa shape index (κ3) is 3.15. The number of fused-ring (bicyclic) bond motifs is 2. The number of rotatable bonds is 6. The van der Waals surface area contributed by atoms with Gasteiger partial charge < -0.3 is 10.2 Å². The Labute approximate surface area is 180 Å². The molecule has 8 heteroatoms. The summed E-state index contributed by atoms with van der Waals surface area (Å²) in [6, 6.07) is 1.52. The molecule has 0 radical (unpaired) electrons. The molecule has 6 rings (SSSR count). The van der Waals surface area contributed by atoms with Gasteiger partial charge in [0.15, 0.2) is 5.78 Å². The summed E-state index contributed by atoms with van der Waals surface area (Å²) in [7, 11) is 0. The van der Waals surface area contributed by atoms with Gasteiger partial charge in [-0.2, -0.15) is 5.10 Å². The Morgan fingerprint density at radius 2 is 2.03 bits per heavy atom. The largest absolute Gasteiger partial charge is 0.354 e. The maximum Gasteiger partial charge on any atom is 0.245 e. The smallest absolute Gasteiger partial charge is 0.245 e. The van der Waals surface area contributed by atoms with E-state index in [1.54, 1.807) is 28.0 Å². The zero-order chi connectivity index (χ0) is 21.3. The first-order valence-corrected chi connectivity index (χ1v) is 11.3. The number of hydrogen-bond donors (Lipinski definition) is 1. The number of Topliss-reactive ketones (excluding diaryl/α,β-unsaturated/α-hetero) is 1. The van der Waals surface area contributed by atoms with Crippen molar-refractivity contribution in [2.75, 3.05) is 6.54 Å². The predicted molar refractivity (Wildman–Crippen MR) is 112 cm³/mol. The van der Waals surface area contributed by atoms with Gasteiger partial charge in [0.05, 0.1) is 11.7 Å². The van der Waals surface area contributed by atoms with Crippen LogP contribution in [0, 0.1) is 17.3 Å². The summed E-state index contributed by atoms with van der Waals surface area (Å²) >= 11 is 0. The first-order valence-electron chi connectivity index (χ1n) is 11.3. The molecule has 3 saturated carbocycles. The predicted octanol–water partition coefficient (Wildman–Crippen LogP) is 1.93. The monoisotopic (exact) mass is 421 g/mol. The summed E-state index contributed by atoms with van der Waals surface area (Å²) in [4.78, 5) is 44.1. The van der Waals surface area contributed by atoms with E-state index in [4.69, 9.17) is 0 Å². The molecule has 1 saturated heterocycles. The molecule has 31 heavy (non-hydrogen) atoms. The Hall–Kier alpha value is -2.77. The number of pyridine rings is 1. The normalized spacial score (nSPS) is 27.8. The van der Waals surface area contributed by atoms with E-state index in [0.29, 0.717) is 33.8 Å². The maximum atomic E-state index is 13.3. The van der Waals surface area contributed by atoms with Crippen LogP contribution in [0.15, 0.2) is 18.5 Å². The van der Waals surface area contributed by atoms with E-state index in [9.17, 15) is 14.4 Å². The molecule has 0 bridgehead atoms. The summed E-state index contributed by atoms with van der Waals surface area (Å²) < 4.78 is 1.55. The fourth-order valence-corrected chi connectivity index (χ4v) is 5.92. The van der Waals surface area contributed by atoms with E-state index in [2.05, 4.69) is 15.4 Å². The van der Waals surface area contributed by atoms with Crippen molar-refractivity contribution >= 4 is 28.5 Å². The number of carbonyl (C=O) groups excluding carboxylic acids is 3. The standard InChI is InChI=1S/C23H27N5O3/c1-13(29)21-16-2-5-24-11-19(16)27(26-21)12-20(30)28-17-6-15(17)7-18(28)22(31)25-10-14-8-23(9-14)3-4-23/h2,5,11,14-15,17-18H,3-4,6-10,12H2,1H3,(H,25,31)/t15-,17-,18+/m1/s1. The lowest BCUT2D eigenvalue weighted by Gasteiger charge is -2.36. The minimum absolute atomic E-state index is 0.00756. The summed E-state index contributed by atoms with van der Waals surface area (Å²) in [6.07, 6.45) is 10.2. The average molecular weight is 422 g/mol. The lowest BCUT2D eigenvalue weighted by molar-refractivity contribution is -0.140. The number of aromatic nitrogens is 3. The van der Waals surface area contributed by atoms with E-state index in [0.717, 1.165) is 19.4 Å². The summed E-state index contributed by atoms with van der Waals surface area (Å²) in [6.45, 7) is 2.21. The summed E-state index contributed by atoms with van der Waals surface area (Å²) in [5.41, 5.74) is 1.64. The van der Waals surface area contributed by atoms with Crippen molar-refractivity contribution in [3.8, 4) is 0 Å². The van der Waals surface area contributed by atoms with Gasteiger partial charge in [-0.15, -0.1) is 0 Å². The molecule has 8 nitrogen and oxygen atoms in total. The highest BCUT2D eigenvalue weighted by molar-refractivity contribution is 6.04. The van der Waals surface area contributed by atoms with Crippen LogP contribution in [0.5, 0.6) is 0 Å². The van der Waals surface area contributed by atoms with E-state index in [-0.39, 0.29) is 30.2 Å². The molecule has 2 amide bonds. The van der Waals surface area contributed by atoms with Crippen molar-refractivity contribution < 1.29 is 14.4 Å². The second-order valence-corrected chi connectivity index (χ2v) is 10.1. The quantitative estimate of drug-likeness (QED) is 0.719. The second kappa shape index (κ2) is 6.61. The Morgan fingerprint density at radius 1 is 1.23 bits per heavy atom. The van der Waals surface area contributed by atoms with Crippen LogP contribution in [0.1, 0.15) is 55.9 Å². The highest BCUT2D eigenvalue weighted by Crippen LogP contribution is 2.63. The van der Waals surface area contributed by atoms with Crippen molar-refractivity contribution in [2.24, 2.45) is 17.3 Å². The third-order valence-corrected chi connectivity index (χ3v) is 7.83. The Bertz CT molecular complexity index is 1100. The zero-order valence-electron chi connectivity index (χ0n) is 17.7. The van der Waals surface area contributed by atoms with Gasteiger partial charge in [0.1, 0.15) is 18.3 Å². The molecule has 4 aliphatic rings. The van der Waals surface area contributed by atoms with E-state index in [1.165, 1.54) is 32.6 Å². The van der Waals surface area contributed by atoms with E-state index in [1.807, 2.05) is 0 Å². The van der Waals surface area contributed by atoms with Crippen LogP contribution in [0.25, 0.3) is 10.9 Å². The van der Waals surface area contributed by atoms with Crippen molar-refractivity contribution in [1.82, 2.24) is 25.0 Å². The molecule has 3 heterocycles. The number of likely N-dealkylation sites (tertiary alicyclic amines) is 1. The van der Waals surface area contributed by atoms with Gasteiger partial charge >= 0.3 is 0 Å². The Balaban J connectivity index is 1.16. The van der Waals surface area contributed by atoms with Crippen LogP contribution in [0.3, 0.4) is 0 Å². The number of hydrogen-bond acceptors (Lipinski definition) is 5. The molecular weight excluding hydrogens is 394 g/mol. The van der Waals surface area contributed by atoms with Gasteiger partial charge in [0.25, 0.3) is 0 Å². The number of nitrogens with one attached hydrogen (secondary N) is 1. The van der Waals surface area contributed by atoms with Crippen LogP contribution >= 0.6 is 0 Å². The topological polar surface area (TPSA) is 97.2 Å². The number of piperidine rings is 1. The zero-order valence-corrected chi connectivity index (χ0v) is 17.7. The molecule has 2 aromatic heterocycles. The molecule has 1 N–H and O–H groups in total. The van der Waals surface area contributed by atoms with Crippen LogP contribution < -0.4 is 5.32 Å². The fourth-order valence-electron chi connectivity index (χ4n) is 5.92. The number of ketones is 1. The van der Waals surface area contributed by atoms with E-state index < -0.39 is 6.04 Å². The SMILES string of the molecule is CC(=O)c1nn(CC(=O)N2[C@@H]3C[C@@H]3C[C@H]2C(=O)NCC2CC3(CC3)C2)c2cnccc12. The third-order valence-electron chi connectivity index (χ3n) is 7.83. The lowest BCUT2D eigenvalue weighted by Crippen LogP contribution is -2.50. The second-order valence-electron chi connectivity index (χ2n) is 10.1. The van der Waals surface area contributed by atoms with Crippen molar-refractivity contribution in [3.05, 3.63) is 24.2 Å². The number of carbonyl (C=O) groups is 3. The summed E-state index contributed by atoms with van der Waals surface area (Å²) in [5.74, 6) is 0.747. The number of amides is 2. The van der Waals surface area contributed by atoms with Gasteiger partial charge in [0, 0.05) is 31.1 Å². The fraction of sp³-hybridized carbons (Fsp3) is 0.609. The van der Waals surface area contributed by atoms with Crippen LogP contribution in [-0.2, 0) is 16.1 Å². The molecule has 162 valence electrons. The number of nitrogens with zero attached hydrogens (tertiary/aromatic N) is 4. The minimum atomic E-state index is -0.390. The first kappa shape index (κ1) is 19.0. The van der Waals surface area contributed by atoms with Gasteiger partial charge in [-0.1, -0.05) is 0 Å². The van der Waals surface area contributed by atoms with Crippen molar-refractivity contribution in [2.45, 2.75) is 64.1 Å². The molecule has 2 aromatic rings. The molecule has 1 aliphatic heterocycles. The van der Waals surface area contributed by atoms with Gasteiger partial charge in [-0.25, -0.2) is 0 Å². The van der Waals surface area contributed by atoms with Crippen molar-refractivity contribution in [3.63, 3.8) is 0 Å². The lowest BCUT2D eigenvalue weighted by atomic mass is 9.72. The van der Waals surface area contributed by atoms with Crippen LogP contribution in [-0.4, -0.2) is 55.9 Å². The van der Waals surface area contributed by atoms with E-state index >= 15 is 0 Å². The maximum absolute atomic E-state index is 13.3. The van der Waals surface area contributed by atoms with Gasteiger partial charge in [0.2, 0.25) is 11.8 Å². The highest BCUT2D eigenvalue weighted by atomic mass is 16.2. The molecule has 0 aromatic carbocycles. The van der Waals surface area contributed by atoms with Crippen LogP contribution in [0.2, 0.25) is 0 Å². The molecule has 3 atom stereocenters. The Kier molecular flexibility index (Phi) is 4.04. The molecule has 0 unspecified atom stereocenters. The molecule has 1 spiro atoms.